The quantitative estimate of drug-likeness (QED) is 0.799. The zero-order valence-corrected chi connectivity index (χ0v) is 14.6. The molecule has 1 saturated carbocycles. The van der Waals surface area contributed by atoms with Crippen molar-refractivity contribution in [3.63, 3.8) is 0 Å². The Hall–Kier alpha value is -1.03. The highest BCUT2D eigenvalue weighted by atomic mass is 15.4. The summed E-state index contributed by atoms with van der Waals surface area (Å²) < 4.78 is 2.07. The summed E-state index contributed by atoms with van der Waals surface area (Å²) in [6.45, 7) is 14.4. The molecule has 1 heterocycles. The molecule has 0 saturated heterocycles. The van der Waals surface area contributed by atoms with Gasteiger partial charge in [-0.3, -0.25) is 4.68 Å². The third-order valence-electron chi connectivity index (χ3n) is 3.93. The maximum Gasteiger partial charge on any atom is 0.131 e. The fraction of sp³-hybridized carbons (Fsp3) is 0.824. The van der Waals surface area contributed by atoms with Gasteiger partial charge in [0.2, 0.25) is 0 Å². The van der Waals surface area contributed by atoms with Crippen LogP contribution in [-0.2, 0) is 13.6 Å². The zero-order chi connectivity index (χ0) is 15.6. The largest absolute Gasteiger partial charge is 0.356 e. The van der Waals surface area contributed by atoms with Gasteiger partial charge in [-0.1, -0.05) is 27.7 Å². The molecule has 120 valence electrons. The van der Waals surface area contributed by atoms with Crippen molar-refractivity contribution in [3.8, 4) is 0 Å². The Labute approximate surface area is 129 Å². The Morgan fingerprint density at radius 2 is 1.76 bits per heavy atom. The zero-order valence-electron chi connectivity index (χ0n) is 14.6. The van der Waals surface area contributed by atoms with E-state index in [0.717, 1.165) is 31.4 Å². The van der Waals surface area contributed by atoms with Crippen LogP contribution < -0.4 is 10.2 Å². The summed E-state index contributed by atoms with van der Waals surface area (Å²) in [6.07, 6.45) is 2.66. The van der Waals surface area contributed by atoms with Crippen molar-refractivity contribution in [1.29, 1.82) is 0 Å². The smallest absolute Gasteiger partial charge is 0.131 e. The Morgan fingerprint density at radius 3 is 2.24 bits per heavy atom. The number of nitrogens with one attached hydrogen (secondary N) is 1. The molecule has 1 N–H and O–H groups in total. The highest BCUT2D eigenvalue weighted by molar-refractivity contribution is 5.50. The lowest BCUT2D eigenvalue weighted by molar-refractivity contribution is 0.536. The molecule has 0 amide bonds. The van der Waals surface area contributed by atoms with Gasteiger partial charge in [-0.2, -0.15) is 5.10 Å². The van der Waals surface area contributed by atoms with Crippen LogP contribution in [0.3, 0.4) is 0 Å². The Morgan fingerprint density at radius 1 is 1.19 bits per heavy atom. The lowest BCUT2D eigenvalue weighted by Crippen LogP contribution is -2.34. The fourth-order valence-corrected chi connectivity index (χ4v) is 2.96. The molecule has 0 radical (unpaired) electrons. The molecule has 0 aliphatic heterocycles. The minimum absolute atomic E-state index is 0.656. The molecule has 0 unspecified atom stereocenters. The number of aryl methyl sites for hydroxylation is 2. The number of aromatic nitrogens is 2. The first-order chi connectivity index (χ1) is 9.88. The van der Waals surface area contributed by atoms with Crippen LogP contribution in [0.5, 0.6) is 0 Å². The van der Waals surface area contributed by atoms with Gasteiger partial charge in [0, 0.05) is 38.3 Å². The van der Waals surface area contributed by atoms with Crippen molar-refractivity contribution in [2.24, 2.45) is 18.9 Å². The molecule has 21 heavy (non-hydrogen) atoms. The highest BCUT2D eigenvalue weighted by Crippen LogP contribution is 2.27. The Balaban J connectivity index is 2.23. The van der Waals surface area contributed by atoms with Crippen molar-refractivity contribution in [3.05, 3.63) is 11.3 Å². The highest BCUT2D eigenvalue weighted by Gasteiger charge is 2.24. The normalized spacial score (nSPS) is 15.2. The van der Waals surface area contributed by atoms with Gasteiger partial charge in [0.05, 0.1) is 5.69 Å². The van der Waals surface area contributed by atoms with E-state index in [1.165, 1.54) is 24.2 Å². The van der Waals surface area contributed by atoms with Crippen molar-refractivity contribution in [1.82, 2.24) is 15.1 Å². The molecule has 0 atom stereocenters. The van der Waals surface area contributed by atoms with E-state index in [-0.39, 0.29) is 0 Å². The molecule has 0 spiro atoms. The van der Waals surface area contributed by atoms with Crippen LogP contribution >= 0.6 is 0 Å². The van der Waals surface area contributed by atoms with E-state index in [4.69, 9.17) is 0 Å². The van der Waals surface area contributed by atoms with Gasteiger partial charge < -0.3 is 10.2 Å². The summed E-state index contributed by atoms with van der Waals surface area (Å²) in [5.41, 5.74) is 2.55. The summed E-state index contributed by atoms with van der Waals surface area (Å²) >= 11 is 0. The molecule has 4 nitrogen and oxygen atoms in total. The first-order valence-corrected chi connectivity index (χ1v) is 8.39. The molecule has 1 aromatic heterocycles. The molecule has 0 bridgehead atoms. The Kier molecular flexibility index (Phi) is 5.31. The third-order valence-corrected chi connectivity index (χ3v) is 3.93. The van der Waals surface area contributed by atoms with E-state index < -0.39 is 0 Å². The summed E-state index contributed by atoms with van der Waals surface area (Å²) in [5, 5.41) is 8.33. The van der Waals surface area contributed by atoms with Gasteiger partial charge >= 0.3 is 0 Å². The summed E-state index contributed by atoms with van der Waals surface area (Å²) in [4.78, 5) is 2.53. The van der Waals surface area contributed by atoms with Crippen LogP contribution in [0.15, 0.2) is 0 Å². The van der Waals surface area contributed by atoms with E-state index in [2.05, 4.69) is 61.7 Å². The molecule has 1 aliphatic carbocycles. The molecular weight excluding hydrogens is 260 g/mol. The first-order valence-electron chi connectivity index (χ1n) is 8.39. The van der Waals surface area contributed by atoms with Crippen LogP contribution in [0.4, 0.5) is 5.82 Å². The number of hydrogen-bond acceptors (Lipinski definition) is 3. The fourth-order valence-electron chi connectivity index (χ4n) is 2.96. The number of nitrogens with zero attached hydrogens (tertiary/aromatic N) is 3. The van der Waals surface area contributed by atoms with Crippen molar-refractivity contribution < 1.29 is 0 Å². The lowest BCUT2D eigenvalue weighted by atomic mass is 10.1. The van der Waals surface area contributed by atoms with Crippen molar-refractivity contribution in [2.75, 3.05) is 18.0 Å². The van der Waals surface area contributed by atoms with Gasteiger partial charge in [0.15, 0.2) is 0 Å². The third kappa shape index (κ3) is 4.47. The van der Waals surface area contributed by atoms with E-state index in [0.29, 0.717) is 11.8 Å². The maximum atomic E-state index is 4.68. The van der Waals surface area contributed by atoms with Gasteiger partial charge in [0.25, 0.3) is 0 Å². The van der Waals surface area contributed by atoms with E-state index >= 15 is 0 Å². The molecule has 1 aromatic rings. The SMILES string of the molecule is Cc1nn(C)c(N(CC(C)C)CC(C)C)c1CNC1CC1. The van der Waals surface area contributed by atoms with E-state index in [1.54, 1.807) is 0 Å². The van der Waals surface area contributed by atoms with Crippen LogP contribution in [0.2, 0.25) is 0 Å². The topological polar surface area (TPSA) is 33.1 Å². The predicted molar refractivity (Wildman–Crippen MR) is 89.7 cm³/mol. The van der Waals surface area contributed by atoms with Crippen LogP contribution in [0.25, 0.3) is 0 Å². The summed E-state index contributed by atoms with van der Waals surface area (Å²) in [7, 11) is 2.08. The first kappa shape index (κ1) is 16.3. The molecule has 0 aromatic carbocycles. The average Bonchev–Trinajstić information content (AvgIpc) is 3.11. The standard InChI is InChI=1S/C17H32N4/c1-12(2)10-21(11-13(3)4)17-16(9-18-15-7-8-15)14(5)19-20(17)6/h12-13,15,18H,7-11H2,1-6H3. The summed E-state index contributed by atoms with van der Waals surface area (Å²) in [5.74, 6) is 2.62. The summed E-state index contributed by atoms with van der Waals surface area (Å²) in [6, 6.07) is 0.737. The molecular formula is C17H32N4. The minimum Gasteiger partial charge on any atom is -0.356 e. The van der Waals surface area contributed by atoms with Gasteiger partial charge in [-0.05, 0) is 31.6 Å². The van der Waals surface area contributed by atoms with Crippen LogP contribution in [0.1, 0.15) is 51.8 Å². The molecule has 2 rings (SSSR count). The lowest BCUT2D eigenvalue weighted by Gasteiger charge is -2.29. The van der Waals surface area contributed by atoms with Crippen molar-refractivity contribution >= 4 is 5.82 Å². The predicted octanol–water partition coefficient (Wildman–Crippen LogP) is 3.10. The second kappa shape index (κ2) is 6.82. The molecule has 4 heteroatoms. The van der Waals surface area contributed by atoms with Gasteiger partial charge in [-0.25, -0.2) is 0 Å². The number of anilines is 1. The second-order valence-corrected chi connectivity index (χ2v) is 7.36. The van der Waals surface area contributed by atoms with E-state index in [9.17, 15) is 0 Å². The monoisotopic (exact) mass is 292 g/mol. The number of rotatable bonds is 8. The molecule has 1 fully saturated rings. The minimum atomic E-state index is 0.656. The maximum absolute atomic E-state index is 4.68. The van der Waals surface area contributed by atoms with Gasteiger partial charge in [0.1, 0.15) is 5.82 Å². The number of hydrogen-bond donors (Lipinski definition) is 1. The van der Waals surface area contributed by atoms with Crippen LogP contribution in [0, 0.1) is 18.8 Å². The molecule has 1 aliphatic rings. The van der Waals surface area contributed by atoms with Crippen LogP contribution in [-0.4, -0.2) is 28.9 Å². The average molecular weight is 292 g/mol. The Bertz CT molecular complexity index is 448. The van der Waals surface area contributed by atoms with Crippen molar-refractivity contribution in [2.45, 2.75) is 60.0 Å². The van der Waals surface area contributed by atoms with Gasteiger partial charge in [-0.15, -0.1) is 0 Å². The second-order valence-electron chi connectivity index (χ2n) is 7.36. The van der Waals surface area contributed by atoms with E-state index in [1.807, 2.05) is 0 Å².